The van der Waals surface area contributed by atoms with Gasteiger partial charge in [0.2, 0.25) is 5.82 Å². The molecule has 1 saturated heterocycles. The molecule has 7 nitrogen and oxygen atoms in total. The number of nitrogens with zero attached hydrogens (tertiary/aromatic N) is 5. The Kier molecular flexibility index (Phi) is 4.63. The molecule has 0 unspecified atom stereocenters. The number of piperazine rings is 1. The third-order valence-corrected chi connectivity index (χ3v) is 5.07. The molecule has 124 valence electrons. The van der Waals surface area contributed by atoms with Gasteiger partial charge in [-0.1, -0.05) is 13.0 Å². The van der Waals surface area contributed by atoms with Crippen molar-refractivity contribution in [2.24, 2.45) is 7.05 Å². The average molecular weight is 335 g/mol. The van der Waals surface area contributed by atoms with Crippen LogP contribution in [0.4, 0.5) is 11.5 Å². The monoisotopic (exact) mass is 335 g/mol. The minimum Gasteiger partial charge on any atom is -0.349 e. The van der Waals surface area contributed by atoms with E-state index in [9.17, 15) is 10.1 Å². The molecular weight excluding hydrogens is 314 g/mol. The van der Waals surface area contributed by atoms with E-state index in [4.69, 9.17) is 0 Å². The van der Waals surface area contributed by atoms with Crippen LogP contribution in [0.5, 0.6) is 0 Å². The zero-order chi connectivity index (χ0) is 16.4. The predicted molar refractivity (Wildman–Crippen MR) is 91.0 cm³/mol. The Morgan fingerprint density at radius 2 is 2.09 bits per heavy atom. The summed E-state index contributed by atoms with van der Waals surface area (Å²) in [5.41, 5.74) is 0.732. The molecule has 0 amide bonds. The molecule has 23 heavy (non-hydrogen) atoms. The lowest BCUT2D eigenvalue weighted by Crippen LogP contribution is -2.46. The van der Waals surface area contributed by atoms with Gasteiger partial charge in [-0.15, -0.1) is 11.3 Å². The van der Waals surface area contributed by atoms with Gasteiger partial charge in [0.1, 0.15) is 5.69 Å². The van der Waals surface area contributed by atoms with E-state index in [0.29, 0.717) is 17.9 Å². The van der Waals surface area contributed by atoms with Crippen molar-refractivity contribution in [2.75, 3.05) is 31.1 Å². The smallest absolute Gasteiger partial charge is 0.334 e. The third kappa shape index (κ3) is 3.23. The molecule has 3 rings (SSSR count). The summed E-state index contributed by atoms with van der Waals surface area (Å²) >= 11 is 1.77. The molecule has 1 aliphatic heterocycles. The number of hydrogen-bond donors (Lipinski definition) is 0. The van der Waals surface area contributed by atoms with Crippen LogP contribution >= 0.6 is 11.3 Å². The fourth-order valence-electron chi connectivity index (χ4n) is 3.08. The second kappa shape index (κ2) is 6.67. The largest absolute Gasteiger partial charge is 0.349 e. The maximum atomic E-state index is 11.4. The highest BCUT2D eigenvalue weighted by Gasteiger charge is 2.31. The van der Waals surface area contributed by atoms with E-state index < -0.39 is 0 Å². The van der Waals surface area contributed by atoms with E-state index in [-0.39, 0.29) is 10.6 Å². The summed E-state index contributed by atoms with van der Waals surface area (Å²) in [4.78, 5) is 17.0. The van der Waals surface area contributed by atoms with Gasteiger partial charge >= 0.3 is 5.69 Å². The zero-order valence-electron chi connectivity index (χ0n) is 13.4. The molecule has 8 heteroatoms. The number of nitro groups is 1. The lowest BCUT2D eigenvalue weighted by atomic mass is 10.2. The second-order valence-corrected chi connectivity index (χ2v) is 6.73. The molecule has 3 heterocycles. The van der Waals surface area contributed by atoms with Crippen LogP contribution in [0.15, 0.2) is 17.5 Å². The summed E-state index contributed by atoms with van der Waals surface area (Å²) in [6.07, 6.45) is 0.572. The van der Waals surface area contributed by atoms with Crippen molar-refractivity contribution in [1.29, 1.82) is 0 Å². The first-order valence-electron chi connectivity index (χ1n) is 7.80. The van der Waals surface area contributed by atoms with E-state index in [1.807, 2.05) is 6.92 Å². The molecule has 2 aromatic rings. The third-order valence-electron chi connectivity index (χ3n) is 4.21. The minimum absolute atomic E-state index is 0.168. The van der Waals surface area contributed by atoms with Crippen molar-refractivity contribution >= 4 is 22.8 Å². The maximum Gasteiger partial charge on any atom is 0.334 e. The first-order chi connectivity index (χ1) is 11.1. The first kappa shape index (κ1) is 15.9. The van der Waals surface area contributed by atoms with E-state index in [1.165, 1.54) is 4.88 Å². The summed E-state index contributed by atoms with van der Waals surface area (Å²) in [6.45, 7) is 6.24. The van der Waals surface area contributed by atoms with Crippen molar-refractivity contribution in [3.63, 3.8) is 0 Å². The van der Waals surface area contributed by atoms with Crippen molar-refractivity contribution in [3.05, 3.63) is 38.2 Å². The number of hydrogen-bond acceptors (Lipinski definition) is 6. The topological polar surface area (TPSA) is 67.4 Å². The lowest BCUT2D eigenvalue weighted by Gasteiger charge is -2.35. The van der Waals surface area contributed by atoms with Gasteiger partial charge in [0, 0.05) is 44.6 Å². The van der Waals surface area contributed by atoms with Crippen molar-refractivity contribution in [2.45, 2.75) is 19.9 Å². The van der Waals surface area contributed by atoms with Gasteiger partial charge in [-0.25, -0.2) is 4.68 Å². The predicted octanol–water partition coefficient (Wildman–Crippen LogP) is 2.27. The normalized spacial score (nSPS) is 16.0. The Hall–Kier alpha value is -1.93. The Morgan fingerprint density at radius 1 is 1.35 bits per heavy atom. The SMILES string of the molecule is CCc1nn(C)c(N2CCN(Cc3cccs3)CC2)c1[N+](=O)[O-]. The van der Waals surface area contributed by atoms with Crippen molar-refractivity contribution < 1.29 is 4.92 Å². The standard InChI is InChI=1S/C15H21N5O2S/c1-3-13-14(20(21)22)15(17(2)16-13)19-8-6-18(7-9-19)11-12-5-4-10-23-12/h4-5,10H,3,6-9,11H2,1-2H3. The van der Waals surface area contributed by atoms with Crippen LogP contribution in [0.2, 0.25) is 0 Å². The van der Waals surface area contributed by atoms with Crippen molar-refractivity contribution in [1.82, 2.24) is 14.7 Å². The second-order valence-electron chi connectivity index (χ2n) is 5.70. The van der Waals surface area contributed by atoms with Crippen LogP contribution in [0.25, 0.3) is 0 Å². The average Bonchev–Trinajstić information content (AvgIpc) is 3.15. The fourth-order valence-corrected chi connectivity index (χ4v) is 3.82. The lowest BCUT2D eigenvalue weighted by molar-refractivity contribution is -0.384. The highest BCUT2D eigenvalue weighted by Crippen LogP contribution is 2.32. The number of anilines is 1. The molecular formula is C15H21N5O2S. The summed E-state index contributed by atoms with van der Waals surface area (Å²) in [5, 5.41) is 17.9. The molecule has 0 aromatic carbocycles. The molecule has 0 N–H and O–H groups in total. The van der Waals surface area contributed by atoms with Gasteiger partial charge < -0.3 is 4.90 Å². The fraction of sp³-hybridized carbons (Fsp3) is 0.533. The zero-order valence-corrected chi connectivity index (χ0v) is 14.3. The van der Waals surface area contributed by atoms with Crippen LogP contribution in [-0.4, -0.2) is 45.8 Å². The van der Waals surface area contributed by atoms with Crippen LogP contribution in [0.3, 0.4) is 0 Å². The van der Waals surface area contributed by atoms with Crippen molar-refractivity contribution in [3.8, 4) is 0 Å². The quantitative estimate of drug-likeness (QED) is 0.619. The van der Waals surface area contributed by atoms with Crippen LogP contribution in [-0.2, 0) is 20.0 Å². The molecule has 2 aromatic heterocycles. The minimum atomic E-state index is -0.292. The van der Waals surface area contributed by atoms with Crippen LogP contribution in [0.1, 0.15) is 17.5 Å². The van der Waals surface area contributed by atoms with Crippen LogP contribution < -0.4 is 4.90 Å². The van der Waals surface area contributed by atoms with Crippen LogP contribution in [0, 0.1) is 10.1 Å². The Bertz CT molecular complexity index is 674. The number of aryl methyl sites for hydroxylation is 2. The van der Waals surface area contributed by atoms with E-state index in [2.05, 4.69) is 32.4 Å². The Morgan fingerprint density at radius 3 is 2.65 bits per heavy atom. The maximum absolute atomic E-state index is 11.4. The molecule has 1 fully saturated rings. The van der Waals surface area contributed by atoms with E-state index in [0.717, 1.165) is 32.7 Å². The highest BCUT2D eigenvalue weighted by atomic mass is 32.1. The molecule has 0 aliphatic carbocycles. The Labute approximate surface area is 139 Å². The first-order valence-corrected chi connectivity index (χ1v) is 8.68. The number of aromatic nitrogens is 2. The van der Waals surface area contributed by atoms with Gasteiger partial charge in [-0.05, 0) is 17.9 Å². The molecule has 0 atom stereocenters. The Balaban J connectivity index is 1.72. The van der Waals surface area contributed by atoms with E-state index in [1.54, 1.807) is 23.1 Å². The summed E-state index contributed by atoms with van der Waals surface area (Å²) in [7, 11) is 1.79. The highest BCUT2D eigenvalue weighted by molar-refractivity contribution is 7.09. The van der Waals surface area contributed by atoms with Gasteiger partial charge in [-0.3, -0.25) is 15.0 Å². The van der Waals surface area contributed by atoms with Gasteiger partial charge in [0.25, 0.3) is 0 Å². The van der Waals surface area contributed by atoms with Gasteiger partial charge in [-0.2, -0.15) is 5.10 Å². The number of rotatable bonds is 5. The summed E-state index contributed by atoms with van der Waals surface area (Å²) < 4.78 is 1.66. The van der Waals surface area contributed by atoms with Gasteiger partial charge in [0.15, 0.2) is 0 Å². The molecule has 0 spiro atoms. The summed E-state index contributed by atoms with van der Waals surface area (Å²) in [6, 6.07) is 4.22. The summed E-state index contributed by atoms with van der Waals surface area (Å²) in [5.74, 6) is 0.641. The van der Waals surface area contributed by atoms with Gasteiger partial charge in [0.05, 0.1) is 4.92 Å². The molecule has 0 radical (unpaired) electrons. The molecule has 0 saturated carbocycles. The molecule has 1 aliphatic rings. The van der Waals surface area contributed by atoms with E-state index >= 15 is 0 Å². The number of thiophene rings is 1. The molecule has 0 bridgehead atoms.